The SMILES string of the molecule is COc1cc(C(N)Cc2ccccn2)cc(OC)c1OC. The molecule has 0 aliphatic heterocycles. The first-order valence-electron chi connectivity index (χ1n) is 6.65. The molecule has 0 fully saturated rings. The predicted molar refractivity (Wildman–Crippen MR) is 81.0 cm³/mol. The fraction of sp³-hybridized carbons (Fsp3) is 0.312. The topological polar surface area (TPSA) is 66.6 Å². The lowest BCUT2D eigenvalue weighted by molar-refractivity contribution is 0.323. The molecule has 5 heteroatoms. The Kier molecular flexibility index (Phi) is 5.00. The van der Waals surface area contributed by atoms with Crippen LogP contribution in [0.25, 0.3) is 0 Å². The molecule has 5 nitrogen and oxygen atoms in total. The Balaban J connectivity index is 2.30. The molecule has 0 amide bonds. The van der Waals surface area contributed by atoms with Crippen molar-refractivity contribution >= 4 is 0 Å². The van der Waals surface area contributed by atoms with Crippen molar-refractivity contribution in [3.05, 3.63) is 47.8 Å². The first-order valence-corrected chi connectivity index (χ1v) is 6.65. The summed E-state index contributed by atoms with van der Waals surface area (Å²) in [5.41, 5.74) is 8.13. The van der Waals surface area contributed by atoms with Crippen molar-refractivity contribution < 1.29 is 14.2 Å². The maximum absolute atomic E-state index is 6.27. The summed E-state index contributed by atoms with van der Waals surface area (Å²) in [5.74, 6) is 1.76. The van der Waals surface area contributed by atoms with Crippen molar-refractivity contribution in [3.63, 3.8) is 0 Å². The minimum Gasteiger partial charge on any atom is -0.493 e. The van der Waals surface area contributed by atoms with Crippen molar-refractivity contribution in [1.82, 2.24) is 4.98 Å². The second-order valence-corrected chi connectivity index (χ2v) is 4.59. The van der Waals surface area contributed by atoms with Crippen LogP contribution in [0.4, 0.5) is 0 Å². The normalized spacial score (nSPS) is 11.8. The molecule has 0 aliphatic carbocycles. The van der Waals surface area contributed by atoms with Gasteiger partial charge in [-0.25, -0.2) is 0 Å². The van der Waals surface area contributed by atoms with Crippen LogP contribution in [-0.2, 0) is 6.42 Å². The molecule has 0 radical (unpaired) electrons. The Morgan fingerprint density at radius 2 is 1.71 bits per heavy atom. The van der Waals surface area contributed by atoms with Crippen molar-refractivity contribution in [2.45, 2.75) is 12.5 Å². The van der Waals surface area contributed by atoms with E-state index in [0.29, 0.717) is 23.7 Å². The summed E-state index contributed by atoms with van der Waals surface area (Å²) in [7, 11) is 4.75. The number of pyridine rings is 1. The summed E-state index contributed by atoms with van der Waals surface area (Å²) in [5, 5.41) is 0. The molecule has 0 saturated carbocycles. The van der Waals surface area contributed by atoms with E-state index in [9.17, 15) is 0 Å². The molecule has 0 saturated heterocycles. The third-order valence-corrected chi connectivity index (χ3v) is 3.27. The van der Waals surface area contributed by atoms with Crippen LogP contribution in [0.1, 0.15) is 17.3 Å². The average molecular weight is 288 g/mol. The highest BCUT2D eigenvalue weighted by Crippen LogP contribution is 2.39. The zero-order chi connectivity index (χ0) is 15.2. The van der Waals surface area contributed by atoms with E-state index in [0.717, 1.165) is 11.3 Å². The van der Waals surface area contributed by atoms with E-state index in [1.54, 1.807) is 27.5 Å². The summed E-state index contributed by atoms with van der Waals surface area (Å²) < 4.78 is 16.0. The Morgan fingerprint density at radius 3 is 2.19 bits per heavy atom. The van der Waals surface area contributed by atoms with Gasteiger partial charge in [0.1, 0.15) is 0 Å². The summed E-state index contributed by atoms with van der Waals surface area (Å²) in [6.45, 7) is 0. The number of aromatic nitrogens is 1. The fourth-order valence-electron chi connectivity index (χ4n) is 2.18. The summed E-state index contributed by atoms with van der Waals surface area (Å²) in [4.78, 5) is 4.30. The third-order valence-electron chi connectivity index (χ3n) is 3.27. The van der Waals surface area contributed by atoms with Gasteiger partial charge in [-0.1, -0.05) is 6.07 Å². The van der Waals surface area contributed by atoms with Gasteiger partial charge < -0.3 is 19.9 Å². The van der Waals surface area contributed by atoms with Crippen molar-refractivity contribution in [3.8, 4) is 17.2 Å². The van der Waals surface area contributed by atoms with E-state index in [4.69, 9.17) is 19.9 Å². The van der Waals surface area contributed by atoms with Gasteiger partial charge in [0, 0.05) is 24.4 Å². The van der Waals surface area contributed by atoms with Crippen LogP contribution in [-0.4, -0.2) is 26.3 Å². The summed E-state index contributed by atoms with van der Waals surface area (Å²) in [6, 6.07) is 9.33. The minimum absolute atomic E-state index is 0.200. The molecule has 1 unspecified atom stereocenters. The Bertz CT molecular complexity index is 562. The minimum atomic E-state index is -0.200. The van der Waals surface area contributed by atoms with Crippen LogP contribution in [0.2, 0.25) is 0 Å². The summed E-state index contributed by atoms with van der Waals surface area (Å²) >= 11 is 0. The molecular weight excluding hydrogens is 268 g/mol. The predicted octanol–water partition coefficient (Wildman–Crippen LogP) is 2.35. The smallest absolute Gasteiger partial charge is 0.203 e. The molecular formula is C16H20N2O3. The first kappa shape index (κ1) is 15.1. The van der Waals surface area contributed by atoms with Gasteiger partial charge in [-0.15, -0.1) is 0 Å². The molecule has 2 N–H and O–H groups in total. The van der Waals surface area contributed by atoms with Crippen LogP contribution in [0, 0.1) is 0 Å². The molecule has 2 rings (SSSR count). The van der Waals surface area contributed by atoms with E-state index < -0.39 is 0 Å². The standard InChI is InChI=1S/C16H20N2O3/c1-19-14-8-11(9-15(20-2)16(14)21-3)13(17)10-12-6-4-5-7-18-12/h4-9,13H,10,17H2,1-3H3. The maximum Gasteiger partial charge on any atom is 0.203 e. The number of nitrogens with two attached hydrogens (primary N) is 1. The van der Waals surface area contributed by atoms with Crippen LogP contribution < -0.4 is 19.9 Å². The van der Waals surface area contributed by atoms with Crippen LogP contribution in [0.5, 0.6) is 17.2 Å². The molecule has 1 atom stereocenters. The molecule has 0 bridgehead atoms. The van der Waals surface area contributed by atoms with Gasteiger partial charge in [-0.3, -0.25) is 4.98 Å². The highest BCUT2D eigenvalue weighted by molar-refractivity contribution is 5.54. The van der Waals surface area contributed by atoms with Gasteiger partial charge >= 0.3 is 0 Å². The first-order chi connectivity index (χ1) is 10.2. The number of methoxy groups -OCH3 is 3. The quantitative estimate of drug-likeness (QED) is 0.883. The zero-order valence-electron chi connectivity index (χ0n) is 12.5. The van der Waals surface area contributed by atoms with E-state index in [1.807, 2.05) is 30.3 Å². The van der Waals surface area contributed by atoms with E-state index in [2.05, 4.69) is 4.98 Å². The monoisotopic (exact) mass is 288 g/mol. The number of benzene rings is 1. The molecule has 1 aromatic carbocycles. The van der Waals surface area contributed by atoms with E-state index in [1.165, 1.54) is 0 Å². The fourth-order valence-corrected chi connectivity index (χ4v) is 2.18. The highest BCUT2D eigenvalue weighted by Gasteiger charge is 2.17. The number of nitrogens with zero attached hydrogens (tertiary/aromatic N) is 1. The number of hydrogen-bond acceptors (Lipinski definition) is 5. The zero-order valence-corrected chi connectivity index (χ0v) is 12.5. The Morgan fingerprint density at radius 1 is 1.05 bits per heavy atom. The van der Waals surface area contributed by atoms with Gasteiger partial charge in [-0.2, -0.15) is 0 Å². The van der Waals surface area contributed by atoms with Crippen molar-refractivity contribution in [2.75, 3.05) is 21.3 Å². The second kappa shape index (κ2) is 6.95. The third kappa shape index (κ3) is 3.44. The largest absolute Gasteiger partial charge is 0.493 e. The second-order valence-electron chi connectivity index (χ2n) is 4.59. The molecule has 1 aromatic heterocycles. The highest BCUT2D eigenvalue weighted by atomic mass is 16.5. The van der Waals surface area contributed by atoms with E-state index >= 15 is 0 Å². The van der Waals surface area contributed by atoms with Crippen molar-refractivity contribution in [2.24, 2.45) is 5.73 Å². The molecule has 112 valence electrons. The lowest BCUT2D eigenvalue weighted by Gasteiger charge is -2.17. The molecule has 21 heavy (non-hydrogen) atoms. The maximum atomic E-state index is 6.27. The van der Waals surface area contributed by atoms with Gasteiger partial charge in [0.05, 0.1) is 21.3 Å². The number of rotatable bonds is 6. The molecule has 0 spiro atoms. The number of hydrogen-bond donors (Lipinski definition) is 1. The summed E-state index contributed by atoms with van der Waals surface area (Å²) in [6.07, 6.45) is 2.40. The number of ether oxygens (including phenoxy) is 3. The van der Waals surface area contributed by atoms with Crippen LogP contribution >= 0.6 is 0 Å². The average Bonchev–Trinajstić information content (AvgIpc) is 2.54. The van der Waals surface area contributed by atoms with Crippen molar-refractivity contribution in [1.29, 1.82) is 0 Å². The van der Waals surface area contributed by atoms with Gasteiger partial charge in [0.25, 0.3) is 0 Å². The van der Waals surface area contributed by atoms with Gasteiger partial charge in [0.15, 0.2) is 11.5 Å². The van der Waals surface area contributed by atoms with Gasteiger partial charge in [-0.05, 0) is 29.8 Å². The lowest BCUT2D eigenvalue weighted by atomic mass is 10.0. The lowest BCUT2D eigenvalue weighted by Crippen LogP contribution is -2.14. The van der Waals surface area contributed by atoms with Crippen LogP contribution in [0.3, 0.4) is 0 Å². The van der Waals surface area contributed by atoms with Gasteiger partial charge in [0.2, 0.25) is 5.75 Å². The molecule has 0 aliphatic rings. The molecule has 2 aromatic rings. The van der Waals surface area contributed by atoms with E-state index in [-0.39, 0.29) is 6.04 Å². The van der Waals surface area contributed by atoms with Crippen LogP contribution in [0.15, 0.2) is 36.5 Å². The Hall–Kier alpha value is -2.27. The Labute approximate surface area is 124 Å². The molecule has 1 heterocycles.